The monoisotopic (exact) mass is 244 g/mol. The minimum absolute atomic E-state index is 0.232. The molecule has 1 aliphatic heterocycles. The van der Waals surface area contributed by atoms with Gasteiger partial charge >= 0.3 is 0 Å². The first-order valence-corrected chi connectivity index (χ1v) is 6.78. The molecule has 1 amide bonds. The van der Waals surface area contributed by atoms with Crippen molar-refractivity contribution in [3.8, 4) is 0 Å². The number of carbonyl (C=O) groups is 1. The molecule has 2 rings (SSSR count). The third-order valence-electron chi connectivity index (χ3n) is 3.66. The summed E-state index contributed by atoms with van der Waals surface area (Å²) in [7, 11) is 2.14. The van der Waals surface area contributed by atoms with Crippen LogP contribution in [0.3, 0.4) is 0 Å². The number of amides is 1. The van der Waals surface area contributed by atoms with E-state index in [1.807, 2.05) is 42.2 Å². The molecule has 0 spiro atoms. The molecular weight excluding hydrogens is 223 g/mol. The number of carbonyl (C=O) groups excluding carboxylic acids is 1. The van der Waals surface area contributed by atoms with Crippen LogP contribution in [0.5, 0.6) is 0 Å². The van der Waals surface area contributed by atoms with E-state index in [0.717, 1.165) is 31.6 Å². The van der Waals surface area contributed by atoms with E-state index < -0.39 is 0 Å². The lowest BCUT2D eigenvalue weighted by Crippen LogP contribution is -2.47. The van der Waals surface area contributed by atoms with Crippen molar-refractivity contribution in [1.82, 2.24) is 4.81 Å². The zero-order valence-electron chi connectivity index (χ0n) is 11.3. The van der Waals surface area contributed by atoms with Gasteiger partial charge < -0.3 is 9.71 Å². The second-order valence-electron chi connectivity index (χ2n) is 4.99. The molecule has 0 saturated carbocycles. The van der Waals surface area contributed by atoms with E-state index in [9.17, 15) is 4.79 Å². The molecule has 0 aromatic heterocycles. The smallest absolute Gasteiger partial charge is 0.226 e. The highest BCUT2D eigenvalue weighted by Gasteiger charge is 2.26. The summed E-state index contributed by atoms with van der Waals surface area (Å²) < 4.78 is 0. The van der Waals surface area contributed by atoms with E-state index in [-0.39, 0.29) is 5.91 Å². The predicted molar refractivity (Wildman–Crippen MR) is 77.4 cm³/mol. The fourth-order valence-electron chi connectivity index (χ4n) is 2.57. The van der Waals surface area contributed by atoms with Gasteiger partial charge in [-0.25, -0.2) is 0 Å². The van der Waals surface area contributed by atoms with Crippen molar-refractivity contribution >= 4 is 19.6 Å². The molecule has 4 heteroatoms. The van der Waals surface area contributed by atoms with Crippen molar-refractivity contribution in [2.75, 3.05) is 18.0 Å². The summed E-state index contributed by atoms with van der Waals surface area (Å²) in [5.41, 5.74) is 1.04. The first-order chi connectivity index (χ1) is 8.72. The Morgan fingerprint density at radius 2 is 1.94 bits per heavy atom. The first-order valence-electron chi connectivity index (χ1n) is 6.78. The molecule has 1 aliphatic rings. The molecule has 1 saturated heterocycles. The third-order valence-corrected chi connectivity index (χ3v) is 3.66. The Hall–Kier alpha value is -1.29. The minimum Gasteiger partial charge on any atom is -0.349 e. The maximum Gasteiger partial charge on any atom is 0.226 e. The maximum atomic E-state index is 12.2. The van der Waals surface area contributed by atoms with Crippen LogP contribution in [0, 0.1) is 0 Å². The number of rotatable bonds is 3. The number of benzene rings is 1. The van der Waals surface area contributed by atoms with Crippen molar-refractivity contribution in [3.63, 3.8) is 0 Å². The molecule has 96 valence electrons. The van der Waals surface area contributed by atoms with Gasteiger partial charge in [-0.2, -0.15) is 0 Å². The highest BCUT2D eigenvalue weighted by atomic mass is 16.2. The van der Waals surface area contributed by atoms with Crippen LogP contribution in [0.2, 0.25) is 0 Å². The molecule has 1 aromatic rings. The third kappa shape index (κ3) is 2.93. The van der Waals surface area contributed by atoms with Crippen LogP contribution in [0.25, 0.3) is 0 Å². The fourth-order valence-corrected chi connectivity index (χ4v) is 2.57. The van der Waals surface area contributed by atoms with Crippen LogP contribution >= 0.6 is 0 Å². The lowest BCUT2D eigenvalue weighted by Gasteiger charge is -2.37. The van der Waals surface area contributed by atoms with E-state index in [4.69, 9.17) is 0 Å². The predicted octanol–water partition coefficient (Wildman–Crippen LogP) is 1.44. The summed E-state index contributed by atoms with van der Waals surface area (Å²) >= 11 is 0. The molecule has 0 bridgehead atoms. The summed E-state index contributed by atoms with van der Waals surface area (Å²) in [6.07, 6.45) is 2.70. The number of hydrogen-bond acceptors (Lipinski definition) is 2. The Balaban J connectivity index is 2.18. The van der Waals surface area contributed by atoms with Gasteiger partial charge in [0, 0.05) is 18.2 Å². The van der Waals surface area contributed by atoms with Gasteiger partial charge in [0.25, 0.3) is 0 Å². The zero-order chi connectivity index (χ0) is 13.0. The van der Waals surface area contributed by atoms with Gasteiger partial charge in [0.2, 0.25) is 5.91 Å². The molecule has 1 heterocycles. The van der Waals surface area contributed by atoms with E-state index in [0.29, 0.717) is 12.5 Å². The van der Waals surface area contributed by atoms with Crippen LogP contribution in [-0.2, 0) is 4.79 Å². The molecule has 0 radical (unpaired) electrons. The van der Waals surface area contributed by atoms with Crippen LogP contribution in [-0.4, -0.2) is 37.8 Å². The topological polar surface area (TPSA) is 23.6 Å². The van der Waals surface area contributed by atoms with Gasteiger partial charge in [0.15, 0.2) is 7.98 Å². The van der Waals surface area contributed by atoms with E-state index in [1.165, 1.54) is 0 Å². The van der Waals surface area contributed by atoms with Crippen molar-refractivity contribution in [2.24, 2.45) is 0 Å². The van der Waals surface area contributed by atoms with Crippen LogP contribution in [0.4, 0.5) is 5.69 Å². The van der Waals surface area contributed by atoms with Crippen LogP contribution < -0.4 is 4.90 Å². The van der Waals surface area contributed by atoms with Gasteiger partial charge in [0.1, 0.15) is 0 Å². The van der Waals surface area contributed by atoms with Crippen LogP contribution in [0.1, 0.15) is 26.2 Å². The maximum absolute atomic E-state index is 12.2. The largest absolute Gasteiger partial charge is 0.349 e. The SMILES string of the molecule is BN1CCC(N(C(=O)CC)c2ccccc2)CC1. The number of para-hydroxylation sites is 1. The second-order valence-corrected chi connectivity index (χ2v) is 4.99. The number of hydrogen-bond donors (Lipinski definition) is 0. The zero-order valence-corrected chi connectivity index (χ0v) is 11.3. The van der Waals surface area contributed by atoms with Gasteiger partial charge in [-0.15, -0.1) is 0 Å². The summed E-state index contributed by atoms with van der Waals surface area (Å²) in [6, 6.07) is 10.4. The highest BCUT2D eigenvalue weighted by molar-refractivity contribution is 6.04. The van der Waals surface area contributed by atoms with E-state index in [2.05, 4.69) is 12.8 Å². The van der Waals surface area contributed by atoms with E-state index >= 15 is 0 Å². The average molecular weight is 244 g/mol. The summed E-state index contributed by atoms with van der Waals surface area (Å²) in [6.45, 7) is 4.09. The Bertz CT molecular complexity index is 388. The highest BCUT2D eigenvalue weighted by Crippen LogP contribution is 2.23. The molecule has 1 fully saturated rings. The Kier molecular flexibility index (Phi) is 4.42. The average Bonchev–Trinajstić information content (AvgIpc) is 2.42. The molecule has 0 atom stereocenters. The lowest BCUT2D eigenvalue weighted by molar-refractivity contribution is -0.118. The molecule has 0 aliphatic carbocycles. The molecule has 3 nitrogen and oxygen atoms in total. The Morgan fingerprint density at radius 3 is 2.50 bits per heavy atom. The van der Waals surface area contributed by atoms with Crippen molar-refractivity contribution in [1.29, 1.82) is 0 Å². The second kappa shape index (κ2) is 6.05. The summed E-state index contributed by atoms with van der Waals surface area (Å²) in [5.74, 6) is 0.232. The molecule has 0 N–H and O–H groups in total. The number of piperidine rings is 1. The quantitative estimate of drug-likeness (QED) is 0.751. The molecular formula is C14H21BN2O. The molecule has 18 heavy (non-hydrogen) atoms. The van der Waals surface area contributed by atoms with E-state index in [1.54, 1.807) is 0 Å². The molecule has 0 unspecified atom stereocenters. The minimum atomic E-state index is 0.232. The van der Waals surface area contributed by atoms with Gasteiger partial charge in [-0.3, -0.25) is 4.79 Å². The van der Waals surface area contributed by atoms with Crippen LogP contribution in [0.15, 0.2) is 30.3 Å². The normalized spacial score (nSPS) is 17.6. The van der Waals surface area contributed by atoms with Gasteiger partial charge in [0.05, 0.1) is 0 Å². The lowest BCUT2D eigenvalue weighted by atomic mass is 9.99. The van der Waals surface area contributed by atoms with Crippen molar-refractivity contribution in [2.45, 2.75) is 32.2 Å². The Morgan fingerprint density at radius 1 is 1.33 bits per heavy atom. The van der Waals surface area contributed by atoms with Crippen molar-refractivity contribution < 1.29 is 4.79 Å². The number of nitrogens with zero attached hydrogens (tertiary/aromatic N) is 2. The molecule has 1 aromatic carbocycles. The summed E-state index contributed by atoms with van der Waals surface area (Å²) in [4.78, 5) is 16.5. The number of anilines is 1. The van der Waals surface area contributed by atoms with Gasteiger partial charge in [-0.05, 0) is 38.1 Å². The standard InChI is InChI=1S/C14H21BN2O/c1-2-14(18)17(12-6-4-3-5-7-12)13-8-10-16(15)11-9-13/h3-7,13H,2,8-11,15H2,1H3. The Labute approximate surface area is 110 Å². The van der Waals surface area contributed by atoms with Gasteiger partial charge in [-0.1, -0.05) is 25.1 Å². The first kappa shape index (κ1) is 13.2. The fraction of sp³-hybridized carbons (Fsp3) is 0.500. The van der Waals surface area contributed by atoms with Crippen molar-refractivity contribution in [3.05, 3.63) is 30.3 Å². The summed E-state index contributed by atoms with van der Waals surface area (Å²) in [5, 5.41) is 0.